The van der Waals surface area contributed by atoms with Crippen molar-refractivity contribution in [3.05, 3.63) is 0 Å². The maximum absolute atomic E-state index is 6.92. The lowest BCUT2D eigenvalue weighted by Gasteiger charge is -2.44. The maximum atomic E-state index is 6.92. The topological polar surface area (TPSA) is 30.9 Å². The first-order chi connectivity index (χ1) is 12.9. The molecule has 0 N–H and O–H groups in total. The number of hydrogen-bond donors (Lipinski definition) is 0. The van der Waals surface area contributed by atoms with Crippen molar-refractivity contribution in [1.29, 1.82) is 0 Å². The second-order valence-corrected chi connectivity index (χ2v) is 34.1. The van der Waals surface area contributed by atoms with E-state index in [1.807, 2.05) is 0 Å². The quantitative estimate of drug-likeness (QED) is 0.231. The molecule has 0 aliphatic heterocycles. The Balaban J connectivity index is 4.81. The molecule has 0 unspecified atom stereocenters. The summed E-state index contributed by atoms with van der Waals surface area (Å²) in [5, 5.41) is 0. The Bertz CT molecular complexity index is 456. The highest BCUT2D eigenvalue weighted by atomic mass is 28.4. The SMILES string of the molecule is CCO[Si](C)(CC[Si](C)(C)O[Si](C)(C)CCCN([Si](C)(C)C)[Si](C)(C)C)OCC. The van der Waals surface area contributed by atoms with Crippen LogP contribution in [0.15, 0.2) is 0 Å². The lowest BCUT2D eigenvalue weighted by atomic mass is 10.5. The second kappa shape index (κ2) is 11.7. The van der Waals surface area contributed by atoms with Crippen molar-refractivity contribution in [3.63, 3.8) is 0 Å². The second-order valence-electron chi connectivity index (χ2n) is 11.7. The summed E-state index contributed by atoms with van der Waals surface area (Å²) in [6.07, 6.45) is 1.28. The van der Waals surface area contributed by atoms with Crippen LogP contribution in [0, 0.1) is 0 Å². The number of rotatable bonds is 15. The van der Waals surface area contributed by atoms with Gasteiger partial charge in [-0.3, -0.25) is 0 Å². The minimum absolute atomic E-state index is 0.747. The summed E-state index contributed by atoms with van der Waals surface area (Å²) in [5.41, 5.74) is 0. The largest absolute Gasteiger partial charge is 0.456 e. The third-order valence-electron chi connectivity index (χ3n) is 5.41. The van der Waals surface area contributed by atoms with Gasteiger partial charge in [-0.05, 0) is 77.7 Å². The molecule has 0 saturated heterocycles. The normalized spacial score (nSPS) is 14.7. The van der Waals surface area contributed by atoms with E-state index in [2.05, 4.69) is 90.1 Å². The van der Waals surface area contributed by atoms with Crippen LogP contribution in [0.1, 0.15) is 20.3 Å². The van der Waals surface area contributed by atoms with Crippen molar-refractivity contribution in [2.24, 2.45) is 0 Å². The van der Waals surface area contributed by atoms with Gasteiger partial charge in [0.25, 0.3) is 0 Å². The van der Waals surface area contributed by atoms with E-state index >= 15 is 0 Å². The first-order valence-corrected chi connectivity index (χ1v) is 27.3. The molecule has 0 aromatic carbocycles. The van der Waals surface area contributed by atoms with Crippen molar-refractivity contribution >= 4 is 41.7 Å². The van der Waals surface area contributed by atoms with Crippen LogP contribution in [0.4, 0.5) is 0 Å². The Morgan fingerprint density at radius 2 is 1.00 bits per heavy atom. The summed E-state index contributed by atoms with van der Waals surface area (Å²) in [5.74, 6) is 0. The van der Waals surface area contributed by atoms with E-state index in [0.717, 1.165) is 25.3 Å². The van der Waals surface area contributed by atoms with E-state index in [1.54, 1.807) is 0 Å². The van der Waals surface area contributed by atoms with Gasteiger partial charge in [-0.1, -0.05) is 39.3 Å². The Hall–Kier alpha value is 0.924. The summed E-state index contributed by atoms with van der Waals surface area (Å²) >= 11 is 0. The Labute approximate surface area is 188 Å². The van der Waals surface area contributed by atoms with E-state index < -0.39 is 41.7 Å². The van der Waals surface area contributed by atoms with Crippen molar-refractivity contribution in [2.75, 3.05) is 19.8 Å². The zero-order valence-electron chi connectivity index (χ0n) is 22.1. The lowest BCUT2D eigenvalue weighted by molar-refractivity contribution is 0.190. The van der Waals surface area contributed by atoms with Gasteiger partial charge < -0.3 is 17.2 Å². The molecule has 0 radical (unpaired) electrons. The predicted octanol–water partition coefficient (Wildman–Crippen LogP) is 6.92. The average molecular weight is 496 g/mol. The zero-order chi connectivity index (χ0) is 23.1. The van der Waals surface area contributed by atoms with Gasteiger partial charge in [0.1, 0.15) is 16.5 Å². The highest BCUT2D eigenvalue weighted by Crippen LogP contribution is 2.28. The smallest absolute Gasteiger partial charge is 0.334 e. The van der Waals surface area contributed by atoms with Crippen LogP contribution < -0.4 is 0 Å². The fourth-order valence-corrected chi connectivity index (χ4v) is 27.9. The molecular weight excluding hydrogens is 443 g/mol. The maximum Gasteiger partial charge on any atom is 0.334 e. The van der Waals surface area contributed by atoms with Gasteiger partial charge in [0.15, 0.2) is 16.6 Å². The minimum Gasteiger partial charge on any atom is -0.456 e. The summed E-state index contributed by atoms with van der Waals surface area (Å²) in [6.45, 7) is 33.7. The highest BCUT2D eigenvalue weighted by Gasteiger charge is 2.39. The number of nitrogens with zero attached hydrogens (tertiary/aromatic N) is 1. The summed E-state index contributed by atoms with van der Waals surface area (Å²) < 4.78 is 21.9. The van der Waals surface area contributed by atoms with Gasteiger partial charge in [0, 0.05) is 13.2 Å². The molecule has 0 atom stereocenters. The molecule has 9 heteroatoms. The molecule has 0 aromatic heterocycles. The monoisotopic (exact) mass is 495 g/mol. The third kappa shape index (κ3) is 12.5. The molecule has 0 amide bonds. The molecule has 176 valence electrons. The molecule has 0 aliphatic carbocycles. The predicted molar refractivity (Wildman–Crippen MR) is 143 cm³/mol. The molecule has 0 rings (SSSR count). The fraction of sp³-hybridized carbons (Fsp3) is 1.00. The van der Waals surface area contributed by atoms with Gasteiger partial charge in [0.05, 0.1) is 0 Å². The molecular formula is C20H53NO3Si5. The Morgan fingerprint density at radius 3 is 1.38 bits per heavy atom. The highest BCUT2D eigenvalue weighted by molar-refractivity contribution is 6.89. The Kier molecular flexibility index (Phi) is 12.1. The summed E-state index contributed by atoms with van der Waals surface area (Å²) in [4.78, 5) is 0. The van der Waals surface area contributed by atoms with Gasteiger partial charge >= 0.3 is 8.56 Å². The lowest BCUT2D eigenvalue weighted by Crippen LogP contribution is -2.59. The van der Waals surface area contributed by atoms with Gasteiger partial charge in [0.2, 0.25) is 0 Å². The molecule has 0 bridgehead atoms. The minimum atomic E-state index is -2.04. The fourth-order valence-electron chi connectivity index (χ4n) is 4.51. The molecule has 0 aromatic rings. The van der Waals surface area contributed by atoms with Gasteiger partial charge in [-0.2, -0.15) is 0 Å². The van der Waals surface area contributed by atoms with Crippen LogP contribution >= 0.6 is 0 Å². The van der Waals surface area contributed by atoms with E-state index in [4.69, 9.17) is 13.0 Å². The van der Waals surface area contributed by atoms with Crippen molar-refractivity contribution < 1.29 is 13.0 Å². The average Bonchev–Trinajstić information content (AvgIpc) is 2.47. The van der Waals surface area contributed by atoms with Gasteiger partial charge in [-0.25, -0.2) is 0 Å². The summed E-state index contributed by atoms with van der Waals surface area (Å²) in [7, 11) is -7.94. The third-order valence-corrected chi connectivity index (χ3v) is 24.0. The van der Waals surface area contributed by atoms with Crippen molar-refractivity contribution in [3.8, 4) is 0 Å². The standard InChI is InChI=1S/C20H53NO3Si5/c1-14-22-29(13,23-15-2)20-19-28(11,12)24-27(9,10)18-16-17-21(25(3,4)5)26(6,7)8/h14-20H2,1-13H3. The molecule has 29 heavy (non-hydrogen) atoms. The molecule has 0 aliphatic rings. The first kappa shape index (κ1) is 29.9. The van der Waals surface area contributed by atoms with E-state index in [9.17, 15) is 0 Å². The molecule has 0 spiro atoms. The van der Waals surface area contributed by atoms with Crippen LogP contribution in [-0.2, 0) is 13.0 Å². The van der Waals surface area contributed by atoms with Crippen LogP contribution in [0.2, 0.25) is 90.1 Å². The van der Waals surface area contributed by atoms with E-state index in [-0.39, 0.29) is 0 Å². The van der Waals surface area contributed by atoms with Crippen LogP contribution in [0.3, 0.4) is 0 Å². The first-order valence-electron chi connectivity index (χ1n) is 11.6. The summed E-state index contributed by atoms with van der Waals surface area (Å²) in [6, 6.07) is 3.46. The van der Waals surface area contributed by atoms with Crippen LogP contribution in [0.25, 0.3) is 0 Å². The molecule has 0 fully saturated rings. The van der Waals surface area contributed by atoms with Crippen LogP contribution in [0.5, 0.6) is 0 Å². The zero-order valence-corrected chi connectivity index (χ0v) is 27.1. The van der Waals surface area contributed by atoms with E-state index in [0.29, 0.717) is 0 Å². The molecule has 4 nitrogen and oxygen atoms in total. The number of hydrogen-bond acceptors (Lipinski definition) is 4. The van der Waals surface area contributed by atoms with Crippen LogP contribution in [-0.4, -0.2) is 65.7 Å². The van der Waals surface area contributed by atoms with Crippen molar-refractivity contribution in [2.45, 2.75) is 110 Å². The molecule has 0 heterocycles. The Morgan fingerprint density at radius 1 is 0.586 bits per heavy atom. The van der Waals surface area contributed by atoms with E-state index in [1.165, 1.54) is 19.0 Å². The molecule has 0 saturated carbocycles. The van der Waals surface area contributed by atoms with Gasteiger partial charge in [-0.15, -0.1) is 0 Å². The van der Waals surface area contributed by atoms with Crippen molar-refractivity contribution in [1.82, 2.24) is 4.23 Å².